The highest BCUT2D eigenvalue weighted by Gasteiger charge is 2.22. The number of nitrogens with zero attached hydrogens (tertiary/aromatic N) is 5. The molecule has 0 spiro atoms. The van der Waals surface area contributed by atoms with Crippen LogP contribution in [-0.4, -0.2) is 38.5 Å². The average Bonchev–Trinajstić information content (AvgIpc) is 2.98. The van der Waals surface area contributed by atoms with Gasteiger partial charge >= 0.3 is 0 Å². The van der Waals surface area contributed by atoms with Crippen molar-refractivity contribution >= 4 is 22.9 Å². The molecule has 0 radical (unpaired) electrons. The van der Waals surface area contributed by atoms with Gasteiger partial charge in [-0.05, 0) is 31.2 Å². The Labute approximate surface area is 133 Å². The Morgan fingerprint density at radius 3 is 3.00 bits per heavy atom. The third kappa shape index (κ3) is 2.09. The molecule has 2 aliphatic rings. The summed E-state index contributed by atoms with van der Waals surface area (Å²) in [7, 11) is 1.58. The molecular weight excluding hydrogens is 292 g/mol. The van der Waals surface area contributed by atoms with E-state index in [9.17, 15) is 0 Å². The number of hydrogen-bond donors (Lipinski definition) is 1. The van der Waals surface area contributed by atoms with E-state index in [-0.39, 0.29) is 12.0 Å². The van der Waals surface area contributed by atoms with Crippen molar-refractivity contribution in [2.75, 3.05) is 12.8 Å². The van der Waals surface area contributed by atoms with Crippen molar-refractivity contribution in [3.8, 4) is 5.88 Å². The third-order valence-corrected chi connectivity index (χ3v) is 3.96. The molecule has 0 saturated heterocycles. The number of methoxy groups -OCH3 is 1. The zero-order chi connectivity index (χ0) is 16.0. The lowest BCUT2D eigenvalue weighted by atomic mass is 10.0. The summed E-state index contributed by atoms with van der Waals surface area (Å²) >= 11 is 0. The quantitative estimate of drug-likeness (QED) is 0.915. The highest BCUT2D eigenvalue weighted by Crippen LogP contribution is 2.31. The number of rotatable bonds is 2. The number of fused-ring (bicyclic) bond motifs is 2. The lowest BCUT2D eigenvalue weighted by molar-refractivity contribution is 0.400. The van der Waals surface area contributed by atoms with E-state index in [2.05, 4.69) is 39.2 Å². The van der Waals surface area contributed by atoms with Gasteiger partial charge in [0.05, 0.1) is 13.2 Å². The van der Waals surface area contributed by atoms with Crippen LogP contribution >= 0.6 is 0 Å². The molecule has 0 aromatic carbocycles. The van der Waals surface area contributed by atoms with Crippen LogP contribution < -0.4 is 10.5 Å². The second-order valence-corrected chi connectivity index (χ2v) is 5.40. The van der Waals surface area contributed by atoms with Gasteiger partial charge in [-0.25, -0.2) is 9.51 Å². The highest BCUT2D eigenvalue weighted by atomic mass is 16.5. The van der Waals surface area contributed by atoms with Crippen molar-refractivity contribution in [1.29, 1.82) is 0 Å². The van der Waals surface area contributed by atoms with E-state index in [1.165, 1.54) is 0 Å². The molecule has 0 amide bonds. The number of allylic oxidation sites excluding steroid dienone is 2. The maximum atomic E-state index is 5.71. The van der Waals surface area contributed by atoms with E-state index < -0.39 is 0 Å². The first-order valence-electron chi connectivity index (χ1n) is 7.29. The fourth-order valence-corrected chi connectivity index (χ4v) is 2.82. The van der Waals surface area contributed by atoms with Crippen LogP contribution in [0.1, 0.15) is 12.5 Å². The summed E-state index contributed by atoms with van der Waals surface area (Å²) in [6.07, 6.45) is 11.9. The van der Waals surface area contributed by atoms with E-state index in [1.807, 2.05) is 30.6 Å². The van der Waals surface area contributed by atoms with E-state index in [0.29, 0.717) is 5.88 Å². The second kappa shape index (κ2) is 4.98. The molecule has 23 heavy (non-hydrogen) atoms. The number of aliphatic imine (C=N–C) groups is 1. The predicted molar refractivity (Wildman–Crippen MR) is 88.9 cm³/mol. The number of anilines is 1. The van der Waals surface area contributed by atoms with Crippen LogP contribution in [0.4, 0.5) is 5.95 Å². The minimum atomic E-state index is 0.175. The van der Waals surface area contributed by atoms with E-state index in [1.54, 1.807) is 11.6 Å². The molecule has 1 unspecified atom stereocenters. The zero-order valence-electron chi connectivity index (χ0n) is 12.8. The summed E-state index contributed by atoms with van der Waals surface area (Å²) in [6, 6.07) is 2.24. The van der Waals surface area contributed by atoms with Gasteiger partial charge < -0.3 is 15.4 Å². The predicted octanol–water partition coefficient (Wildman–Crippen LogP) is 1.85. The molecular formula is C16H16N6O. The molecule has 4 rings (SSSR count). The highest BCUT2D eigenvalue weighted by molar-refractivity contribution is 6.02. The van der Waals surface area contributed by atoms with Crippen molar-refractivity contribution < 1.29 is 4.74 Å². The fraction of sp³-hybridized carbons (Fsp3) is 0.188. The number of ether oxygens (including phenoxy) is 1. The van der Waals surface area contributed by atoms with Gasteiger partial charge in [-0.15, -0.1) is 5.10 Å². The Kier molecular flexibility index (Phi) is 2.94. The van der Waals surface area contributed by atoms with E-state index in [0.717, 1.165) is 22.5 Å². The molecule has 7 nitrogen and oxygen atoms in total. The Balaban J connectivity index is 1.86. The molecule has 2 N–H and O–H groups in total. The minimum absolute atomic E-state index is 0.175. The molecule has 0 aliphatic carbocycles. The SMILES string of the molecule is COc1nc(N)nn2ccc(C3=CN4C(=NC=CC4C)C=C3)c12. The fourth-order valence-electron chi connectivity index (χ4n) is 2.82. The Hall–Kier alpha value is -3.09. The van der Waals surface area contributed by atoms with Crippen LogP contribution in [0, 0.1) is 0 Å². The van der Waals surface area contributed by atoms with Crippen molar-refractivity contribution in [3.05, 3.63) is 48.5 Å². The number of amidine groups is 1. The summed E-state index contributed by atoms with van der Waals surface area (Å²) < 4.78 is 7.06. The van der Waals surface area contributed by atoms with Gasteiger partial charge in [-0.1, -0.05) is 0 Å². The molecule has 4 heterocycles. The molecule has 2 aromatic rings. The van der Waals surface area contributed by atoms with Crippen LogP contribution in [0.5, 0.6) is 5.88 Å². The standard InChI is InChI=1S/C16H16N6O/c1-10-5-7-18-13-4-3-11(9-21(10)13)12-6-8-22-14(12)15(23-2)19-16(17)20-22/h3-10H,1-2H3,(H2,17,20). The van der Waals surface area contributed by atoms with Crippen LogP contribution in [0.15, 0.2) is 47.9 Å². The van der Waals surface area contributed by atoms with Crippen molar-refractivity contribution in [1.82, 2.24) is 19.5 Å². The van der Waals surface area contributed by atoms with Crippen LogP contribution in [0.25, 0.3) is 11.1 Å². The van der Waals surface area contributed by atoms with Crippen LogP contribution in [-0.2, 0) is 0 Å². The summed E-state index contributed by atoms with van der Waals surface area (Å²) in [5.74, 6) is 1.56. The first-order chi connectivity index (χ1) is 11.2. The molecule has 2 aliphatic heterocycles. The average molecular weight is 308 g/mol. The molecule has 2 aromatic heterocycles. The molecule has 0 saturated carbocycles. The summed E-state index contributed by atoms with van der Waals surface area (Å²) in [5, 5.41) is 4.20. The van der Waals surface area contributed by atoms with Gasteiger partial charge in [0.1, 0.15) is 11.4 Å². The maximum absolute atomic E-state index is 5.71. The molecule has 7 heteroatoms. The molecule has 0 bridgehead atoms. The maximum Gasteiger partial charge on any atom is 0.243 e. The van der Waals surface area contributed by atoms with Gasteiger partial charge in [-0.3, -0.25) is 0 Å². The van der Waals surface area contributed by atoms with Crippen molar-refractivity contribution in [3.63, 3.8) is 0 Å². The molecule has 116 valence electrons. The first kappa shape index (κ1) is 13.6. The minimum Gasteiger partial charge on any atom is -0.479 e. The molecule has 0 fully saturated rings. The lowest BCUT2D eigenvalue weighted by Crippen LogP contribution is -2.35. The number of nitrogens with two attached hydrogens (primary N) is 1. The Bertz CT molecular complexity index is 905. The second-order valence-electron chi connectivity index (χ2n) is 5.40. The Morgan fingerprint density at radius 1 is 1.30 bits per heavy atom. The first-order valence-corrected chi connectivity index (χ1v) is 7.29. The topological polar surface area (TPSA) is 81.0 Å². The number of aromatic nitrogens is 3. The number of nitrogen functional groups attached to an aromatic ring is 1. The van der Waals surface area contributed by atoms with E-state index in [4.69, 9.17) is 10.5 Å². The monoisotopic (exact) mass is 308 g/mol. The molecule has 1 atom stereocenters. The normalized spacial score (nSPS) is 19.6. The summed E-state index contributed by atoms with van der Waals surface area (Å²) in [6.45, 7) is 2.13. The Morgan fingerprint density at radius 2 is 2.17 bits per heavy atom. The van der Waals surface area contributed by atoms with E-state index >= 15 is 0 Å². The van der Waals surface area contributed by atoms with Crippen LogP contribution in [0.3, 0.4) is 0 Å². The largest absolute Gasteiger partial charge is 0.479 e. The summed E-state index contributed by atoms with van der Waals surface area (Å²) in [5.41, 5.74) is 8.53. The van der Waals surface area contributed by atoms with Gasteiger partial charge in [0.2, 0.25) is 11.8 Å². The van der Waals surface area contributed by atoms with Crippen LogP contribution in [0.2, 0.25) is 0 Å². The lowest BCUT2D eigenvalue weighted by Gasteiger charge is -2.30. The van der Waals surface area contributed by atoms with Gasteiger partial charge in [0, 0.05) is 29.7 Å². The van der Waals surface area contributed by atoms with Gasteiger partial charge in [0.25, 0.3) is 0 Å². The number of hydrogen-bond acceptors (Lipinski definition) is 6. The smallest absolute Gasteiger partial charge is 0.243 e. The van der Waals surface area contributed by atoms with Gasteiger partial charge in [-0.2, -0.15) is 4.98 Å². The van der Waals surface area contributed by atoms with Gasteiger partial charge in [0.15, 0.2) is 0 Å². The third-order valence-electron chi connectivity index (χ3n) is 3.96. The van der Waals surface area contributed by atoms with Crippen molar-refractivity contribution in [2.24, 2.45) is 4.99 Å². The zero-order valence-corrected chi connectivity index (χ0v) is 12.8. The summed E-state index contributed by atoms with van der Waals surface area (Å²) in [4.78, 5) is 10.7. The van der Waals surface area contributed by atoms with Crippen molar-refractivity contribution in [2.45, 2.75) is 13.0 Å².